The highest BCUT2D eigenvalue weighted by molar-refractivity contribution is 5.70. The molecule has 0 aliphatic carbocycles. The van der Waals surface area contributed by atoms with Crippen LogP contribution in [0.4, 0.5) is 0 Å². The molecule has 1 aromatic carbocycles. The highest BCUT2D eigenvalue weighted by Gasteiger charge is 2.32. The average molecular weight is 252 g/mol. The third-order valence-electron chi connectivity index (χ3n) is 4.23. The number of benzene rings is 1. The van der Waals surface area contributed by atoms with Crippen molar-refractivity contribution in [2.45, 2.75) is 32.4 Å². The van der Waals surface area contributed by atoms with Crippen LogP contribution in [0.3, 0.4) is 0 Å². The topological polar surface area (TPSA) is 15.3 Å². The molecule has 2 aliphatic rings. The van der Waals surface area contributed by atoms with Gasteiger partial charge >= 0.3 is 0 Å². The first-order valence-corrected chi connectivity index (χ1v) is 6.76. The maximum Gasteiger partial charge on any atom is 0.0693 e. The van der Waals surface area contributed by atoms with Crippen molar-refractivity contribution in [2.75, 3.05) is 0 Å². The SMILES string of the molecule is C=C1CCC(N2Cc3c(C)cccc3C2=C)C(=C)N1. The number of hydrogen-bond acceptors (Lipinski definition) is 2. The van der Waals surface area contributed by atoms with E-state index in [0.717, 1.165) is 36.5 Å². The molecule has 98 valence electrons. The van der Waals surface area contributed by atoms with E-state index < -0.39 is 0 Å². The van der Waals surface area contributed by atoms with Crippen molar-refractivity contribution in [3.05, 3.63) is 66.0 Å². The van der Waals surface area contributed by atoms with Gasteiger partial charge in [-0.15, -0.1) is 0 Å². The third-order valence-corrected chi connectivity index (χ3v) is 4.23. The first kappa shape index (κ1) is 12.1. The maximum absolute atomic E-state index is 4.28. The molecule has 2 heteroatoms. The molecular weight excluding hydrogens is 232 g/mol. The summed E-state index contributed by atoms with van der Waals surface area (Å²) in [5, 5.41) is 3.30. The molecule has 0 radical (unpaired) electrons. The number of allylic oxidation sites excluding steroid dienone is 1. The standard InChI is InChI=1S/C17H20N2/c1-11-6-5-7-15-14(4)19(10-16(11)15)17-9-8-12(2)18-13(17)3/h5-7,17-18H,2-4,8-10H2,1H3. The zero-order valence-electron chi connectivity index (χ0n) is 11.5. The minimum absolute atomic E-state index is 0.324. The fourth-order valence-electron chi connectivity index (χ4n) is 3.10. The Hall–Kier alpha value is -1.96. The highest BCUT2D eigenvalue weighted by Crippen LogP contribution is 2.38. The summed E-state index contributed by atoms with van der Waals surface area (Å²) >= 11 is 0. The predicted molar refractivity (Wildman–Crippen MR) is 80.2 cm³/mol. The molecule has 0 amide bonds. The molecule has 1 saturated heterocycles. The van der Waals surface area contributed by atoms with E-state index in [1.54, 1.807) is 0 Å². The Morgan fingerprint density at radius 1 is 1.26 bits per heavy atom. The first-order valence-electron chi connectivity index (χ1n) is 6.76. The Bertz CT molecular complexity index is 583. The second kappa shape index (κ2) is 4.30. The molecule has 0 aromatic heterocycles. The second-order valence-corrected chi connectivity index (χ2v) is 5.48. The van der Waals surface area contributed by atoms with Gasteiger partial charge < -0.3 is 10.2 Å². The van der Waals surface area contributed by atoms with E-state index in [4.69, 9.17) is 0 Å². The van der Waals surface area contributed by atoms with Gasteiger partial charge in [-0.05, 0) is 30.9 Å². The van der Waals surface area contributed by atoms with Crippen molar-refractivity contribution < 1.29 is 0 Å². The molecule has 1 unspecified atom stereocenters. The molecule has 2 heterocycles. The van der Waals surface area contributed by atoms with Crippen molar-refractivity contribution in [3.8, 4) is 0 Å². The summed E-state index contributed by atoms with van der Waals surface area (Å²) < 4.78 is 0. The molecular formula is C17H20N2. The van der Waals surface area contributed by atoms with Crippen LogP contribution in [0.25, 0.3) is 5.70 Å². The Labute approximate surface area is 115 Å². The molecule has 0 bridgehead atoms. The molecule has 0 saturated carbocycles. The number of piperidine rings is 1. The Kier molecular flexibility index (Phi) is 2.74. The molecule has 1 atom stereocenters. The second-order valence-electron chi connectivity index (χ2n) is 5.48. The van der Waals surface area contributed by atoms with Crippen LogP contribution in [0.2, 0.25) is 0 Å². The Morgan fingerprint density at radius 2 is 2.05 bits per heavy atom. The van der Waals surface area contributed by atoms with E-state index in [9.17, 15) is 0 Å². The molecule has 19 heavy (non-hydrogen) atoms. The smallest absolute Gasteiger partial charge is 0.0693 e. The minimum Gasteiger partial charge on any atom is -0.362 e. The molecule has 0 spiro atoms. The summed E-state index contributed by atoms with van der Waals surface area (Å²) in [7, 11) is 0. The maximum atomic E-state index is 4.28. The highest BCUT2D eigenvalue weighted by atomic mass is 15.2. The van der Waals surface area contributed by atoms with E-state index >= 15 is 0 Å². The number of rotatable bonds is 1. The van der Waals surface area contributed by atoms with Gasteiger partial charge in [-0.1, -0.05) is 37.9 Å². The number of nitrogens with one attached hydrogen (secondary N) is 1. The van der Waals surface area contributed by atoms with E-state index in [-0.39, 0.29) is 0 Å². The summed E-state index contributed by atoms with van der Waals surface area (Å²) in [5.41, 5.74) is 7.28. The summed E-state index contributed by atoms with van der Waals surface area (Å²) in [6, 6.07) is 6.77. The van der Waals surface area contributed by atoms with Crippen LogP contribution in [0.15, 0.2) is 49.3 Å². The van der Waals surface area contributed by atoms with Crippen molar-refractivity contribution in [3.63, 3.8) is 0 Å². The van der Waals surface area contributed by atoms with Crippen LogP contribution in [0.1, 0.15) is 29.5 Å². The first-order chi connectivity index (χ1) is 9.08. The summed E-state index contributed by atoms with van der Waals surface area (Å²) in [6.45, 7) is 15.5. The monoisotopic (exact) mass is 252 g/mol. The van der Waals surface area contributed by atoms with Crippen molar-refractivity contribution >= 4 is 5.70 Å². The van der Waals surface area contributed by atoms with Crippen LogP contribution in [0.5, 0.6) is 0 Å². The molecule has 1 N–H and O–H groups in total. The van der Waals surface area contributed by atoms with Crippen LogP contribution in [-0.4, -0.2) is 10.9 Å². The van der Waals surface area contributed by atoms with Crippen molar-refractivity contribution in [2.24, 2.45) is 0 Å². The zero-order valence-corrected chi connectivity index (χ0v) is 11.5. The van der Waals surface area contributed by atoms with Gasteiger partial charge in [0, 0.05) is 29.2 Å². The van der Waals surface area contributed by atoms with Gasteiger partial charge in [0.1, 0.15) is 0 Å². The van der Waals surface area contributed by atoms with Crippen LogP contribution >= 0.6 is 0 Å². The fourth-order valence-corrected chi connectivity index (χ4v) is 3.10. The molecule has 1 fully saturated rings. The van der Waals surface area contributed by atoms with E-state index in [0.29, 0.717) is 6.04 Å². The molecule has 3 rings (SSSR count). The zero-order chi connectivity index (χ0) is 13.6. The van der Waals surface area contributed by atoms with E-state index in [1.807, 2.05) is 0 Å². The number of hydrogen-bond donors (Lipinski definition) is 1. The largest absolute Gasteiger partial charge is 0.362 e. The van der Waals surface area contributed by atoms with Gasteiger partial charge in [-0.2, -0.15) is 0 Å². The predicted octanol–water partition coefficient (Wildman–Crippen LogP) is 3.56. The van der Waals surface area contributed by atoms with Crippen molar-refractivity contribution in [1.82, 2.24) is 10.2 Å². The van der Waals surface area contributed by atoms with Gasteiger partial charge in [0.2, 0.25) is 0 Å². The molecule has 1 aromatic rings. The number of fused-ring (bicyclic) bond motifs is 1. The summed E-state index contributed by atoms with van der Waals surface area (Å²) in [4.78, 5) is 2.37. The lowest BCUT2D eigenvalue weighted by Crippen LogP contribution is -2.39. The van der Waals surface area contributed by atoms with Crippen LogP contribution in [0, 0.1) is 6.92 Å². The van der Waals surface area contributed by atoms with Gasteiger partial charge in [-0.3, -0.25) is 0 Å². The van der Waals surface area contributed by atoms with Gasteiger partial charge in [0.25, 0.3) is 0 Å². The molecule has 2 aliphatic heterocycles. The fraction of sp³-hybridized carbons (Fsp3) is 0.294. The lowest BCUT2D eigenvalue weighted by Gasteiger charge is -2.36. The number of nitrogens with zero attached hydrogens (tertiary/aromatic N) is 1. The van der Waals surface area contributed by atoms with E-state index in [1.165, 1.54) is 16.7 Å². The normalized spacial score (nSPS) is 22.5. The van der Waals surface area contributed by atoms with Gasteiger partial charge in [0.15, 0.2) is 0 Å². The van der Waals surface area contributed by atoms with Crippen LogP contribution < -0.4 is 5.32 Å². The summed E-state index contributed by atoms with van der Waals surface area (Å²) in [5.74, 6) is 0. The van der Waals surface area contributed by atoms with Gasteiger partial charge in [-0.25, -0.2) is 0 Å². The molecule has 2 nitrogen and oxygen atoms in total. The number of aryl methyl sites for hydroxylation is 1. The quantitative estimate of drug-likeness (QED) is 0.822. The lowest BCUT2D eigenvalue weighted by atomic mass is 10.0. The Balaban J connectivity index is 1.90. The average Bonchev–Trinajstić information content (AvgIpc) is 2.69. The Morgan fingerprint density at radius 3 is 2.74 bits per heavy atom. The summed E-state index contributed by atoms with van der Waals surface area (Å²) in [6.07, 6.45) is 2.07. The van der Waals surface area contributed by atoms with Crippen LogP contribution in [-0.2, 0) is 6.54 Å². The van der Waals surface area contributed by atoms with Gasteiger partial charge in [0.05, 0.1) is 6.04 Å². The van der Waals surface area contributed by atoms with E-state index in [2.05, 4.69) is 55.1 Å². The third kappa shape index (κ3) is 1.88. The van der Waals surface area contributed by atoms with Crippen molar-refractivity contribution in [1.29, 1.82) is 0 Å². The minimum atomic E-state index is 0.324. The lowest BCUT2D eigenvalue weighted by molar-refractivity contribution is 0.296.